The summed E-state index contributed by atoms with van der Waals surface area (Å²) in [6, 6.07) is 16.7. The van der Waals surface area contributed by atoms with Crippen molar-refractivity contribution in [3.05, 3.63) is 75.7 Å². The first kappa shape index (κ1) is 23.2. The Kier molecular flexibility index (Phi) is 7.10. The highest BCUT2D eigenvalue weighted by atomic mass is 32.2. The quantitative estimate of drug-likeness (QED) is 0.533. The number of amides is 2. The van der Waals surface area contributed by atoms with Gasteiger partial charge in [-0.25, -0.2) is 0 Å². The summed E-state index contributed by atoms with van der Waals surface area (Å²) in [4.78, 5) is 29.1. The van der Waals surface area contributed by atoms with Gasteiger partial charge in [-0.1, -0.05) is 62.1 Å². The molecule has 2 aromatic rings. The number of rotatable bonds is 5. The van der Waals surface area contributed by atoms with Crippen LogP contribution in [0, 0.1) is 6.92 Å². The van der Waals surface area contributed by atoms with E-state index in [0.717, 1.165) is 36.2 Å². The van der Waals surface area contributed by atoms with Crippen LogP contribution in [0.3, 0.4) is 0 Å². The van der Waals surface area contributed by atoms with Gasteiger partial charge in [-0.2, -0.15) is 0 Å². The zero-order chi connectivity index (χ0) is 23.5. The van der Waals surface area contributed by atoms with Gasteiger partial charge >= 0.3 is 0 Å². The molecule has 2 amide bonds. The second-order valence-corrected chi connectivity index (χ2v) is 11.2. The Morgan fingerprint density at radius 3 is 2.47 bits per heavy atom. The zero-order valence-electron chi connectivity index (χ0n) is 20.0. The van der Waals surface area contributed by atoms with Crippen LogP contribution in [0.15, 0.2) is 53.4 Å². The van der Waals surface area contributed by atoms with Gasteiger partial charge in [0.1, 0.15) is 0 Å². The zero-order valence-corrected chi connectivity index (χ0v) is 20.8. The Morgan fingerprint density at radius 2 is 1.71 bits per heavy atom. The minimum absolute atomic E-state index is 0.00340. The van der Waals surface area contributed by atoms with Crippen LogP contribution in [0.4, 0.5) is 0 Å². The van der Waals surface area contributed by atoms with Crippen molar-refractivity contribution >= 4 is 29.7 Å². The standard InChI is InChI=1S/C29H34N2O2S/c1-20-8-2-3-9-23(20)19-31-25-12-6-7-13-26(25)34-27(29(31)33)18-21-14-16-22(17-15-21)28(32)30-24-10-4-5-11-24/h2-3,8-9,14-18,24-26H,4-7,10-13,19H2,1H3,(H,30,32)/b27-18+. The molecule has 1 aliphatic heterocycles. The molecule has 0 radical (unpaired) electrons. The largest absolute Gasteiger partial charge is 0.349 e. The van der Waals surface area contributed by atoms with Crippen LogP contribution < -0.4 is 5.32 Å². The number of fused-ring (bicyclic) bond motifs is 1. The fourth-order valence-corrected chi connectivity index (χ4v) is 7.03. The SMILES string of the molecule is Cc1ccccc1CN1C(=O)/C(=C\c2ccc(C(=O)NC3CCCC3)cc2)SC2CCCCC21. The number of thioether (sulfide) groups is 1. The lowest BCUT2D eigenvalue weighted by molar-refractivity contribution is -0.130. The van der Waals surface area contributed by atoms with Crippen LogP contribution in [0.2, 0.25) is 0 Å². The number of hydrogen-bond acceptors (Lipinski definition) is 3. The van der Waals surface area contributed by atoms with Gasteiger partial charge in [-0.05, 0) is 67.5 Å². The molecule has 0 bridgehead atoms. The minimum Gasteiger partial charge on any atom is -0.349 e. The Morgan fingerprint density at radius 1 is 1.00 bits per heavy atom. The third-order valence-corrected chi connectivity index (χ3v) is 8.98. The predicted molar refractivity (Wildman–Crippen MR) is 140 cm³/mol. The number of nitrogens with zero attached hydrogens (tertiary/aromatic N) is 1. The lowest BCUT2D eigenvalue weighted by atomic mass is 9.92. The lowest BCUT2D eigenvalue weighted by Crippen LogP contribution is -2.50. The molecule has 3 fully saturated rings. The van der Waals surface area contributed by atoms with E-state index in [2.05, 4.69) is 41.4 Å². The minimum atomic E-state index is 0.00340. The molecule has 2 saturated carbocycles. The summed E-state index contributed by atoms with van der Waals surface area (Å²) in [6.45, 7) is 2.79. The highest BCUT2D eigenvalue weighted by Gasteiger charge is 2.40. The molecule has 178 valence electrons. The van der Waals surface area contributed by atoms with Crippen molar-refractivity contribution < 1.29 is 9.59 Å². The molecule has 1 N–H and O–H groups in total. The molecule has 34 heavy (non-hydrogen) atoms. The van der Waals surface area contributed by atoms with Crippen molar-refractivity contribution in [3.63, 3.8) is 0 Å². The van der Waals surface area contributed by atoms with E-state index in [1.165, 1.54) is 36.8 Å². The topological polar surface area (TPSA) is 49.4 Å². The Bertz CT molecular complexity index is 1070. The van der Waals surface area contributed by atoms with E-state index in [0.29, 0.717) is 29.4 Å². The third-order valence-electron chi connectivity index (χ3n) is 7.58. The molecule has 1 saturated heterocycles. The number of hydrogen-bond donors (Lipinski definition) is 1. The fraction of sp³-hybridized carbons (Fsp3) is 0.448. The van der Waals surface area contributed by atoms with E-state index in [1.807, 2.05) is 30.3 Å². The number of benzene rings is 2. The van der Waals surface area contributed by atoms with Crippen LogP contribution in [0.5, 0.6) is 0 Å². The second-order valence-electron chi connectivity index (χ2n) is 9.95. The van der Waals surface area contributed by atoms with E-state index in [4.69, 9.17) is 0 Å². The molecule has 2 atom stereocenters. The van der Waals surface area contributed by atoms with Gasteiger partial charge in [-0.15, -0.1) is 11.8 Å². The molecule has 2 aliphatic carbocycles. The maximum atomic E-state index is 13.6. The first-order valence-electron chi connectivity index (χ1n) is 12.7. The molecule has 2 unspecified atom stereocenters. The number of nitrogens with one attached hydrogen (secondary N) is 1. The molecule has 4 nitrogen and oxygen atoms in total. The lowest BCUT2D eigenvalue weighted by Gasteiger charge is -2.44. The Labute approximate surface area is 207 Å². The molecule has 1 heterocycles. The summed E-state index contributed by atoms with van der Waals surface area (Å²) in [5.41, 5.74) is 4.12. The van der Waals surface area contributed by atoms with Crippen LogP contribution in [0.25, 0.3) is 6.08 Å². The summed E-state index contributed by atoms with van der Waals surface area (Å²) in [7, 11) is 0. The van der Waals surface area contributed by atoms with Crippen LogP contribution in [-0.4, -0.2) is 34.0 Å². The van der Waals surface area contributed by atoms with E-state index in [-0.39, 0.29) is 11.8 Å². The van der Waals surface area contributed by atoms with Crippen molar-refractivity contribution in [1.29, 1.82) is 0 Å². The molecule has 2 aromatic carbocycles. The van der Waals surface area contributed by atoms with Gasteiger partial charge in [-0.3, -0.25) is 9.59 Å². The molecule has 3 aliphatic rings. The smallest absolute Gasteiger partial charge is 0.260 e. The van der Waals surface area contributed by atoms with Gasteiger partial charge in [0, 0.05) is 29.4 Å². The Balaban J connectivity index is 1.34. The first-order chi connectivity index (χ1) is 16.6. The van der Waals surface area contributed by atoms with E-state index < -0.39 is 0 Å². The summed E-state index contributed by atoms with van der Waals surface area (Å²) in [5, 5.41) is 3.61. The highest BCUT2D eigenvalue weighted by Crippen LogP contribution is 2.42. The normalized spacial score (nSPS) is 24.3. The molecule has 0 aromatic heterocycles. The van der Waals surface area contributed by atoms with Crippen LogP contribution >= 0.6 is 11.8 Å². The molecule has 5 rings (SSSR count). The number of aryl methyl sites for hydroxylation is 1. The average Bonchev–Trinajstić information content (AvgIpc) is 3.36. The second kappa shape index (κ2) is 10.4. The van der Waals surface area contributed by atoms with E-state index in [9.17, 15) is 9.59 Å². The molecular weight excluding hydrogens is 440 g/mol. The van der Waals surface area contributed by atoms with Crippen molar-refractivity contribution in [1.82, 2.24) is 10.2 Å². The monoisotopic (exact) mass is 474 g/mol. The van der Waals surface area contributed by atoms with Crippen LogP contribution in [-0.2, 0) is 11.3 Å². The molecule has 0 spiro atoms. The highest BCUT2D eigenvalue weighted by molar-refractivity contribution is 8.04. The van der Waals surface area contributed by atoms with Gasteiger partial charge in [0.15, 0.2) is 0 Å². The predicted octanol–water partition coefficient (Wildman–Crippen LogP) is 6.10. The van der Waals surface area contributed by atoms with Crippen molar-refractivity contribution in [2.45, 2.75) is 82.2 Å². The number of carbonyl (C=O) groups excluding carboxylic acids is 2. The first-order valence-corrected chi connectivity index (χ1v) is 13.6. The van der Waals surface area contributed by atoms with Crippen LogP contribution in [0.1, 0.15) is 78.4 Å². The van der Waals surface area contributed by atoms with E-state index >= 15 is 0 Å². The Hall–Kier alpha value is -2.53. The molecular formula is C29H34N2O2S. The number of carbonyl (C=O) groups is 2. The van der Waals surface area contributed by atoms with Gasteiger partial charge in [0.25, 0.3) is 11.8 Å². The summed E-state index contributed by atoms with van der Waals surface area (Å²) in [6.07, 6.45) is 11.3. The maximum Gasteiger partial charge on any atom is 0.260 e. The van der Waals surface area contributed by atoms with Crippen molar-refractivity contribution in [2.24, 2.45) is 0 Å². The van der Waals surface area contributed by atoms with Crippen molar-refractivity contribution in [2.75, 3.05) is 0 Å². The van der Waals surface area contributed by atoms with Gasteiger partial charge < -0.3 is 10.2 Å². The summed E-state index contributed by atoms with van der Waals surface area (Å²) >= 11 is 1.76. The molecule has 5 heteroatoms. The van der Waals surface area contributed by atoms with Crippen molar-refractivity contribution in [3.8, 4) is 0 Å². The fourth-order valence-electron chi connectivity index (χ4n) is 5.55. The van der Waals surface area contributed by atoms with Gasteiger partial charge in [0.05, 0.1) is 4.91 Å². The summed E-state index contributed by atoms with van der Waals surface area (Å²) < 4.78 is 0. The maximum absolute atomic E-state index is 13.6. The summed E-state index contributed by atoms with van der Waals surface area (Å²) in [5.74, 6) is 0.142. The third kappa shape index (κ3) is 5.10. The van der Waals surface area contributed by atoms with E-state index in [1.54, 1.807) is 11.8 Å². The average molecular weight is 475 g/mol. The van der Waals surface area contributed by atoms with Gasteiger partial charge in [0.2, 0.25) is 0 Å².